The number of ether oxygens (including phenoxy) is 1. The van der Waals surface area contributed by atoms with Crippen molar-refractivity contribution in [3.63, 3.8) is 0 Å². The number of quaternary nitrogens is 1. The van der Waals surface area contributed by atoms with Crippen LogP contribution in [0, 0.1) is 11.8 Å². The lowest BCUT2D eigenvalue weighted by atomic mass is 9.82. The van der Waals surface area contributed by atoms with Crippen LogP contribution in [0.4, 0.5) is 0 Å². The molecule has 3 nitrogen and oxygen atoms in total. The van der Waals surface area contributed by atoms with Gasteiger partial charge in [-0.3, -0.25) is 4.79 Å². The summed E-state index contributed by atoms with van der Waals surface area (Å²) in [4.78, 5) is 11.6. The molecule has 0 aromatic carbocycles. The van der Waals surface area contributed by atoms with Gasteiger partial charge in [0.15, 0.2) is 0 Å². The van der Waals surface area contributed by atoms with Gasteiger partial charge < -0.3 is 33.2 Å². The average Bonchev–Trinajstić information content (AvgIpc) is 2.34. The van der Waals surface area contributed by atoms with Crippen molar-refractivity contribution in [1.82, 2.24) is 0 Å². The lowest BCUT2D eigenvalue weighted by Crippen LogP contribution is -3.00. The van der Waals surface area contributed by atoms with Crippen molar-refractivity contribution in [2.45, 2.75) is 52.0 Å². The standard InChI is InChI=1S/C15H28NO2.HI/c1-12(2)15(17)18-11-13-7-6-10-16(3)9-5-4-8-14(13)16;/h12-14H,4-11H2,1-3H3;1H/q+1;/p-1/t13-,14+,16?;/m0./s1. The van der Waals surface area contributed by atoms with Gasteiger partial charge >= 0.3 is 5.97 Å². The second-order valence-corrected chi connectivity index (χ2v) is 6.68. The fourth-order valence-electron chi connectivity index (χ4n) is 3.78. The average molecular weight is 381 g/mol. The Morgan fingerprint density at radius 3 is 2.58 bits per heavy atom. The monoisotopic (exact) mass is 381 g/mol. The summed E-state index contributed by atoms with van der Waals surface area (Å²) in [5.74, 6) is 0.554. The Balaban J connectivity index is 0.00000180. The molecule has 19 heavy (non-hydrogen) atoms. The molecular formula is C15H28INO2. The van der Waals surface area contributed by atoms with Gasteiger partial charge in [-0.25, -0.2) is 0 Å². The minimum Gasteiger partial charge on any atom is -1.00 e. The topological polar surface area (TPSA) is 26.3 Å². The van der Waals surface area contributed by atoms with E-state index in [-0.39, 0.29) is 35.9 Å². The van der Waals surface area contributed by atoms with Crippen molar-refractivity contribution in [1.29, 1.82) is 0 Å². The summed E-state index contributed by atoms with van der Waals surface area (Å²) < 4.78 is 6.71. The van der Waals surface area contributed by atoms with Crippen LogP contribution in [-0.2, 0) is 9.53 Å². The molecule has 1 unspecified atom stereocenters. The highest BCUT2D eigenvalue weighted by molar-refractivity contribution is 5.71. The summed E-state index contributed by atoms with van der Waals surface area (Å²) in [6, 6.07) is 0.729. The van der Waals surface area contributed by atoms with Crippen LogP contribution in [0.15, 0.2) is 0 Å². The molecule has 0 aromatic heterocycles. The number of hydrogen-bond acceptors (Lipinski definition) is 2. The van der Waals surface area contributed by atoms with E-state index in [1.54, 1.807) is 0 Å². The minimum absolute atomic E-state index is 0. The van der Waals surface area contributed by atoms with Gasteiger partial charge in [0.2, 0.25) is 0 Å². The molecule has 2 fully saturated rings. The Kier molecular flexibility index (Phi) is 6.57. The lowest BCUT2D eigenvalue weighted by molar-refractivity contribution is -0.947. The Hall–Kier alpha value is 0.160. The number of piperidine rings is 2. The van der Waals surface area contributed by atoms with Gasteiger partial charge in [0.1, 0.15) is 0 Å². The Morgan fingerprint density at radius 1 is 1.21 bits per heavy atom. The summed E-state index contributed by atoms with van der Waals surface area (Å²) in [6.45, 7) is 7.10. The Bertz CT molecular complexity index is 305. The second-order valence-electron chi connectivity index (χ2n) is 6.68. The number of carbonyl (C=O) groups excluding carboxylic acids is 1. The van der Waals surface area contributed by atoms with Gasteiger partial charge in [0.05, 0.1) is 38.7 Å². The Morgan fingerprint density at radius 2 is 1.89 bits per heavy atom. The predicted octanol–water partition coefficient (Wildman–Crippen LogP) is -0.401. The van der Waals surface area contributed by atoms with E-state index < -0.39 is 0 Å². The van der Waals surface area contributed by atoms with Gasteiger partial charge in [-0.2, -0.15) is 0 Å². The SMILES string of the molecule is CC(C)C(=O)OC[C@@H]1CCC[N+]2(C)CCCC[C@H]12.[I-]. The van der Waals surface area contributed by atoms with Crippen molar-refractivity contribution < 1.29 is 38.0 Å². The van der Waals surface area contributed by atoms with E-state index in [0.29, 0.717) is 12.5 Å². The van der Waals surface area contributed by atoms with Gasteiger partial charge in [-0.15, -0.1) is 0 Å². The number of carbonyl (C=O) groups is 1. The smallest absolute Gasteiger partial charge is 0.308 e. The maximum Gasteiger partial charge on any atom is 0.308 e. The van der Waals surface area contributed by atoms with Crippen molar-refractivity contribution in [2.75, 3.05) is 26.7 Å². The quantitative estimate of drug-likeness (QED) is 0.378. The van der Waals surface area contributed by atoms with Crippen LogP contribution < -0.4 is 24.0 Å². The lowest BCUT2D eigenvalue weighted by Gasteiger charge is -2.51. The first kappa shape index (κ1) is 17.2. The Labute approximate surface area is 134 Å². The minimum atomic E-state index is -0.0365. The normalized spacial score (nSPS) is 34.3. The largest absolute Gasteiger partial charge is 1.00 e. The van der Waals surface area contributed by atoms with Crippen molar-refractivity contribution in [3.05, 3.63) is 0 Å². The number of fused-ring (bicyclic) bond motifs is 1. The summed E-state index contributed by atoms with van der Waals surface area (Å²) in [6.07, 6.45) is 6.57. The molecule has 0 aromatic rings. The zero-order valence-corrected chi connectivity index (χ0v) is 14.7. The van der Waals surface area contributed by atoms with Gasteiger partial charge in [0.25, 0.3) is 0 Å². The molecule has 2 rings (SSSR count). The molecule has 0 N–H and O–H groups in total. The van der Waals surface area contributed by atoms with E-state index in [1.165, 1.54) is 49.7 Å². The summed E-state index contributed by atoms with van der Waals surface area (Å²) in [5, 5.41) is 0. The van der Waals surface area contributed by atoms with E-state index >= 15 is 0 Å². The number of hydrogen-bond donors (Lipinski definition) is 0. The molecule has 112 valence electrons. The first-order valence-electron chi connectivity index (χ1n) is 7.54. The number of halogens is 1. The summed E-state index contributed by atoms with van der Waals surface area (Å²) >= 11 is 0. The molecule has 3 atom stereocenters. The third kappa shape index (κ3) is 4.06. The molecule has 4 heteroatoms. The van der Waals surface area contributed by atoms with Crippen LogP contribution in [0.5, 0.6) is 0 Å². The molecule has 2 saturated heterocycles. The van der Waals surface area contributed by atoms with Crippen LogP contribution in [0.2, 0.25) is 0 Å². The highest BCUT2D eigenvalue weighted by Gasteiger charge is 2.43. The molecule has 0 amide bonds. The number of rotatable bonds is 3. The van der Waals surface area contributed by atoms with Gasteiger partial charge in [0, 0.05) is 12.3 Å². The molecule has 0 spiro atoms. The molecule has 0 bridgehead atoms. The van der Waals surface area contributed by atoms with E-state index in [2.05, 4.69) is 7.05 Å². The first-order valence-corrected chi connectivity index (χ1v) is 7.54. The highest BCUT2D eigenvalue weighted by Crippen LogP contribution is 2.36. The van der Waals surface area contributed by atoms with E-state index in [0.717, 1.165) is 6.04 Å². The maximum absolute atomic E-state index is 11.6. The van der Waals surface area contributed by atoms with E-state index in [1.807, 2.05) is 13.8 Å². The van der Waals surface area contributed by atoms with Gasteiger partial charge in [-0.1, -0.05) is 13.8 Å². The molecule has 2 heterocycles. The summed E-state index contributed by atoms with van der Waals surface area (Å²) in [5.41, 5.74) is 0. The number of nitrogens with zero attached hydrogens (tertiary/aromatic N) is 1. The third-order valence-corrected chi connectivity index (χ3v) is 4.92. The van der Waals surface area contributed by atoms with Crippen LogP contribution in [0.1, 0.15) is 46.0 Å². The molecule has 0 saturated carbocycles. The third-order valence-electron chi connectivity index (χ3n) is 4.92. The van der Waals surface area contributed by atoms with Crippen LogP contribution in [0.3, 0.4) is 0 Å². The zero-order chi connectivity index (χ0) is 13.2. The van der Waals surface area contributed by atoms with Crippen molar-refractivity contribution >= 4 is 5.97 Å². The molecular weight excluding hydrogens is 353 g/mol. The van der Waals surface area contributed by atoms with Crippen LogP contribution in [0.25, 0.3) is 0 Å². The highest BCUT2D eigenvalue weighted by atomic mass is 127. The second kappa shape index (κ2) is 7.25. The van der Waals surface area contributed by atoms with Crippen LogP contribution >= 0.6 is 0 Å². The summed E-state index contributed by atoms with van der Waals surface area (Å²) in [7, 11) is 2.40. The van der Waals surface area contributed by atoms with Gasteiger partial charge in [-0.05, 0) is 25.7 Å². The number of esters is 1. The zero-order valence-electron chi connectivity index (χ0n) is 12.5. The fraction of sp³-hybridized carbons (Fsp3) is 0.933. The predicted molar refractivity (Wildman–Crippen MR) is 72.1 cm³/mol. The van der Waals surface area contributed by atoms with Crippen LogP contribution in [-0.4, -0.2) is 43.2 Å². The molecule has 0 aliphatic carbocycles. The molecule has 2 aliphatic rings. The molecule has 2 aliphatic heterocycles. The molecule has 0 radical (unpaired) electrons. The maximum atomic E-state index is 11.6. The van der Waals surface area contributed by atoms with Crippen molar-refractivity contribution in [2.24, 2.45) is 11.8 Å². The fourth-order valence-corrected chi connectivity index (χ4v) is 3.78. The van der Waals surface area contributed by atoms with E-state index in [4.69, 9.17) is 4.74 Å². The van der Waals surface area contributed by atoms with E-state index in [9.17, 15) is 4.79 Å². The van der Waals surface area contributed by atoms with Crippen molar-refractivity contribution in [3.8, 4) is 0 Å². The first-order chi connectivity index (χ1) is 8.53.